The van der Waals surface area contributed by atoms with Gasteiger partial charge >= 0.3 is 0 Å². The highest BCUT2D eigenvalue weighted by molar-refractivity contribution is 6.31. The SMILES string of the molecule is Clc1ccc2cc(CNC3CCCCCCC3)[nH]c2c1. The van der Waals surface area contributed by atoms with Crippen LogP contribution in [0, 0.1) is 0 Å². The summed E-state index contributed by atoms with van der Waals surface area (Å²) in [6, 6.07) is 8.93. The van der Waals surface area contributed by atoms with Crippen molar-refractivity contribution in [1.29, 1.82) is 0 Å². The second-order valence-electron chi connectivity index (χ2n) is 5.95. The minimum Gasteiger partial charge on any atom is -0.357 e. The molecule has 1 aromatic carbocycles. The van der Waals surface area contributed by atoms with Gasteiger partial charge in [0.2, 0.25) is 0 Å². The zero-order valence-corrected chi connectivity index (χ0v) is 12.7. The van der Waals surface area contributed by atoms with E-state index in [4.69, 9.17) is 11.6 Å². The molecule has 0 unspecified atom stereocenters. The summed E-state index contributed by atoms with van der Waals surface area (Å²) >= 11 is 6.02. The average molecular weight is 291 g/mol. The van der Waals surface area contributed by atoms with E-state index in [2.05, 4.69) is 22.4 Å². The van der Waals surface area contributed by atoms with Crippen LogP contribution < -0.4 is 5.32 Å². The number of hydrogen-bond donors (Lipinski definition) is 2. The van der Waals surface area contributed by atoms with Gasteiger partial charge in [-0.15, -0.1) is 0 Å². The lowest BCUT2D eigenvalue weighted by Gasteiger charge is -2.20. The van der Waals surface area contributed by atoms with Gasteiger partial charge in [0.05, 0.1) is 0 Å². The van der Waals surface area contributed by atoms with Gasteiger partial charge in [-0.2, -0.15) is 0 Å². The van der Waals surface area contributed by atoms with E-state index in [-0.39, 0.29) is 0 Å². The van der Waals surface area contributed by atoms with Crippen LogP contribution in [0.2, 0.25) is 5.02 Å². The predicted octanol–water partition coefficient (Wildman–Crippen LogP) is 5.02. The molecular formula is C17H23ClN2. The number of fused-ring (bicyclic) bond motifs is 1. The molecule has 0 spiro atoms. The first-order valence-corrected chi connectivity index (χ1v) is 8.19. The first kappa shape index (κ1) is 14.0. The maximum atomic E-state index is 6.02. The number of hydrogen-bond acceptors (Lipinski definition) is 1. The van der Waals surface area contributed by atoms with Gasteiger partial charge in [0.1, 0.15) is 0 Å². The van der Waals surface area contributed by atoms with E-state index >= 15 is 0 Å². The molecule has 0 aliphatic heterocycles. The van der Waals surface area contributed by atoms with Gasteiger partial charge in [0.25, 0.3) is 0 Å². The Kier molecular flexibility index (Phi) is 4.64. The zero-order valence-electron chi connectivity index (χ0n) is 11.9. The lowest BCUT2D eigenvalue weighted by molar-refractivity contribution is 0.388. The molecule has 1 aromatic heterocycles. The molecule has 0 atom stereocenters. The van der Waals surface area contributed by atoms with E-state index in [0.717, 1.165) is 17.1 Å². The Morgan fingerprint density at radius 3 is 2.60 bits per heavy atom. The van der Waals surface area contributed by atoms with Crippen LogP contribution in [0.4, 0.5) is 0 Å². The van der Waals surface area contributed by atoms with Crippen molar-refractivity contribution in [2.45, 2.75) is 57.5 Å². The Labute approximate surface area is 125 Å². The van der Waals surface area contributed by atoms with Crippen LogP contribution in [-0.4, -0.2) is 11.0 Å². The number of halogens is 1. The van der Waals surface area contributed by atoms with Crippen molar-refractivity contribution in [3.63, 3.8) is 0 Å². The predicted molar refractivity (Wildman–Crippen MR) is 86.3 cm³/mol. The van der Waals surface area contributed by atoms with Crippen molar-refractivity contribution in [3.05, 3.63) is 35.0 Å². The summed E-state index contributed by atoms with van der Waals surface area (Å²) in [5, 5.41) is 5.75. The second-order valence-corrected chi connectivity index (χ2v) is 6.39. The van der Waals surface area contributed by atoms with Gasteiger partial charge in [-0.05, 0) is 36.4 Å². The third-order valence-electron chi connectivity index (χ3n) is 4.33. The van der Waals surface area contributed by atoms with Crippen molar-refractivity contribution in [3.8, 4) is 0 Å². The Morgan fingerprint density at radius 2 is 1.80 bits per heavy atom. The molecule has 0 bridgehead atoms. The summed E-state index contributed by atoms with van der Waals surface area (Å²) in [5.74, 6) is 0. The highest BCUT2D eigenvalue weighted by atomic mass is 35.5. The van der Waals surface area contributed by atoms with E-state index in [1.807, 2.05) is 12.1 Å². The molecule has 3 heteroatoms. The topological polar surface area (TPSA) is 27.8 Å². The highest BCUT2D eigenvalue weighted by Crippen LogP contribution is 2.21. The molecule has 1 aliphatic rings. The number of rotatable bonds is 3. The van der Waals surface area contributed by atoms with E-state index in [0.29, 0.717) is 6.04 Å². The van der Waals surface area contributed by atoms with Crippen molar-refractivity contribution in [2.75, 3.05) is 0 Å². The van der Waals surface area contributed by atoms with Gasteiger partial charge in [-0.1, -0.05) is 49.8 Å². The lowest BCUT2D eigenvalue weighted by atomic mass is 9.97. The van der Waals surface area contributed by atoms with Crippen molar-refractivity contribution < 1.29 is 0 Å². The smallest absolute Gasteiger partial charge is 0.0471 e. The lowest BCUT2D eigenvalue weighted by Crippen LogP contribution is -2.29. The molecule has 2 N–H and O–H groups in total. The Balaban J connectivity index is 1.60. The Hall–Kier alpha value is -0.990. The van der Waals surface area contributed by atoms with Gasteiger partial charge < -0.3 is 10.3 Å². The van der Waals surface area contributed by atoms with E-state index in [1.54, 1.807) is 0 Å². The van der Waals surface area contributed by atoms with Crippen LogP contribution in [0.1, 0.15) is 50.6 Å². The number of H-pyrrole nitrogens is 1. The first-order chi connectivity index (χ1) is 9.81. The summed E-state index contributed by atoms with van der Waals surface area (Å²) < 4.78 is 0. The second kappa shape index (κ2) is 6.64. The fourth-order valence-corrected chi connectivity index (χ4v) is 3.34. The maximum absolute atomic E-state index is 6.02. The van der Waals surface area contributed by atoms with Crippen molar-refractivity contribution >= 4 is 22.5 Å². The average Bonchev–Trinajstić information content (AvgIpc) is 2.79. The van der Waals surface area contributed by atoms with Crippen LogP contribution >= 0.6 is 11.6 Å². The summed E-state index contributed by atoms with van der Waals surface area (Å²) in [7, 11) is 0. The standard InChI is InChI=1S/C17H23ClN2/c18-14-9-8-13-10-16(20-17(13)11-14)12-19-15-6-4-2-1-3-5-7-15/h8-11,15,19-20H,1-7,12H2. The van der Waals surface area contributed by atoms with Gasteiger partial charge in [0, 0.05) is 28.8 Å². The zero-order chi connectivity index (χ0) is 13.8. The Bertz CT molecular complexity index is 553. The molecule has 1 aliphatic carbocycles. The fourth-order valence-electron chi connectivity index (χ4n) is 3.17. The third-order valence-corrected chi connectivity index (χ3v) is 4.56. The molecule has 2 aromatic rings. The maximum Gasteiger partial charge on any atom is 0.0471 e. The quantitative estimate of drug-likeness (QED) is 0.816. The van der Waals surface area contributed by atoms with E-state index in [9.17, 15) is 0 Å². The molecule has 1 saturated carbocycles. The van der Waals surface area contributed by atoms with Gasteiger partial charge in [-0.25, -0.2) is 0 Å². The summed E-state index contributed by atoms with van der Waals surface area (Å²) in [6.45, 7) is 0.928. The van der Waals surface area contributed by atoms with Crippen molar-refractivity contribution in [1.82, 2.24) is 10.3 Å². The molecule has 3 rings (SSSR count). The molecule has 0 saturated heterocycles. The number of nitrogens with one attached hydrogen (secondary N) is 2. The summed E-state index contributed by atoms with van der Waals surface area (Å²) in [5.41, 5.74) is 2.39. The van der Waals surface area contributed by atoms with Crippen LogP contribution in [0.3, 0.4) is 0 Å². The van der Waals surface area contributed by atoms with Crippen LogP contribution in [0.5, 0.6) is 0 Å². The number of aromatic amines is 1. The molecular weight excluding hydrogens is 268 g/mol. The number of benzene rings is 1. The molecule has 0 radical (unpaired) electrons. The van der Waals surface area contributed by atoms with E-state index < -0.39 is 0 Å². The number of aromatic nitrogens is 1. The normalized spacial score (nSPS) is 18.1. The molecule has 20 heavy (non-hydrogen) atoms. The largest absolute Gasteiger partial charge is 0.357 e. The van der Waals surface area contributed by atoms with Gasteiger partial charge in [-0.3, -0.25) is 0 Å². The third kappa shape index (κ3) is 3.56. The van der Waals surface area contributed by atoms with E-state index in [1.165, 1.54) is 56.0 Å². The minimum absolute atomic E-state index is 0.685. The minimum atomic E-state index is 0.685. The Morgan fingerprint density at radius 1 is 1.05 bits per heavy atom. The molecule has 1 fully saturated rings. The molecule has 108 valence electrons. The van der Waals surface area contributed by atoms with Crippen LogP contribution in [-0.2, 0) is 6.54 Å². The fraction of sp³-hybridized carbons (Fsp3) is 0.529. The molecule has 2 nitrogen and oxygen atoms in total. The summed E-state index contributed by atoms with van der Waals surface area (Å²) in [6.07, 6.45) is 9.64. The summed E-state index contributed by atoms with van der Waals surface area (Å²) in [4.78, 5) is 3.46. The van der Waals surface area contributed by atoms with Gasteiger partial charge in [0.15, 0.2) is 0 Å². The van der Waals surface area contributed by atoms with Crippen LogP contribution in [0.25, 0.3) is 10.9 Å². The monoisotopic (exact) mass is 290 g/mol. The molecule has 0 amide bonds. The highest BCUT2D eigenvalue weighted by Gasteiger charge is 2.11. The van der Waals surface area contributed by atoms with Crippen LogP contribution in [0.15, 0.2) is 24.3 Å². The first-order valence-electron chi connectivity index (χ1n) is 7.82. The molecule has 1 heterocycles. The van der Waals surface area contributed by atoms with Crippen molar-refractivity contribution in [2.24, 2.45) is 0 Å².